The van der Waals surface area contributed by atoms with Crippen molar-refractivity contribution in [1.82, 2.24) is 0 Å². The Balaban J connectivity index is 1.57. The molecule has 0 bridgehead atoms. The Kier molecular flexibility index (Phi) is 8.66. The first kappa shape index (κ1) is 33.2. The zero-order chi connectivity index (χ0) is 32.5. The Labute approximate surface area is 281 Å². The fourth-order valence-electron chi connectivity index (χ4n) is 8.18. The minimum atomic E-state index is -4.81. The van der Waals surface area contributed by atoms with Gasteiger partial charge in [-0.05, 0) is 0 Å². The zero-order valence-corrected chi connectivity index (χ0v) is 34.4. The molecule has 5 heteroatoms. The van der Waals surface area contributed by atoms with Gasteiger partial charge in [-0.15, -0.1) is 0 Å². The van der Waals surface area contributed by atoms with Crippen molar-refractivity contribution in [1.29, 1.82) is 0 Å². The molecule has 0 amide bonds. The molecule has 0 N–H and O–H groups in total. The SMILES string of the molecule is CC1=Cc2c(-c3ccccc3)ccc(C)c2[CH]1[Zr]([Cl])([Cl])([CH]1C(C(C)C)=Cc2c(-c3ccc([Si](C)(C)C)cc3)cccc21)[SiH](C)C. The van der Waals surface area contributed by atoms with E-state index in [9.17, 15) is 0 Å². The normalized spacial score (nSPS) is 18.8. The Morgan fingerprint density at radius 1 is 0.689 bits per heavy atom. The van der Waals surface area contributed by atoms with Gasteiger partial charge in [0.25, 0.3) is 0 Å². The van der Waals surface area contributed by atoms with Crippen molar-refractivity contribution >= 4 is 48.4 Å². The number of rotatable bonds is 7. The van der Waals surface area contributed by atoms with Gasteiger partial charge in [-0.2, -0.15) is 0 Å². The average Bonchev–Trinajstić information content (AvgIpc) is 3.58. The number of hydrogen-bond donors (Lipinski definition) is 0. The van der Waals surface area contributed by atoms with Crippen LogP contribution in [-0.4, -0.2) is 14.0 Å². The third-order valence-corrected chi connectivity index (χ3v) is 64.7. The molecule has 0 saturated carbocycles. The van der Waals surface area contributed by atoms with Crippen LogP contribution >= 0.6 is 17.0 Å². The van der Waals surface area contributed by atoms with Gasteiger partial charge >= 0.3 is 284 Å². The molecule has 2 aliphatic carbocycles. The summed E-state index contributed by atoms with van der Waals surface area (Å²) in [6, 6.07) is 31.6. The molecule has 4 aromatic carbocycles. The fourth-order valence-corrected chi connectivity index (χ4v) is 41.6. The number of allylic oxidation sites excluding steroid dienone is 2. The van der Waals surface area contributed by atoms with E-state index < -0.39 is 29.6 Å². The number of aryl methyl sites for hydroxylation is 1. The van der Waals surface area contributed by atoms with Gasteiger partial charge in [-0.25, -0.2) is 0 Å². The molecule has 2 aliphatic rings. The van der Waals surface area contributed by atoms with Gasteiger partial charge in [0, 0.05) is 0 Å². The van der Waals surface area contributed by atoms with E-state index in [0.717, 1.165) is 0 Å². The molecule has 0 spiro atoms. The second-order valence-corrected chi connectivity index (χ2v) is 62.8. The summed E-state index contributed by atoms with van der Waals surface area (Å²) >= 11 is -4.81. The van der Waals surface area contributed by atoms with Gasteiger partial charge in [0.2, 0.25) is 0 Å². The van der Waals surface area contributed by atoms with E-state index in [4.69, 9.17) is 17.0 Å². The third kappa shape index (κ3) is 5.34. The summed E-state index contributed by atoms with van der Waals surface area (Å²) in [5.74, 6) is -1.27. The van der Waals surface area contributed by atoms with Crippen molar-refractivity contribution in [2.75, 3.05) is 0 Å². The van der Waals surface area contributed by atoms with E-state index in [2.05, 4.69) is 158 Å². The van der Waals surface area contributed by atoms with Crippen molar-refractivity contribution in [2.45, 2.75) is 67.7 Å². The molecule has 0 nitrogen and oxygen atoms in total. The second-order valence-electron chi connectivity index (χ2n) is 15.2. The Bertz CT molecular complexity index is 1840. The van der Waals surface area contributed by atoms with E-state index in [1.807, 2.05) is 0 Å². The number of halogens is 2. The van der Waals surface area contributed by atoms with Crippen LogP contribution in [0.5, 0.6) is 0 Å². The molecule has 2 atom stereocenters. The number of hydrogen-bond acceptors (Lipinski definition) is 0. The molecule has 0 radical (unpaired) electrons. The van der Waals surface area contributed by atoms with Gasteiger partial charge in [0.05, 0.1) is 0 Å². The predicted molar refractivity (Wildman–Crippen MR) is 204 cm³/mol. The predicted octanol–water partition coefficient (Wildman–Crippen LogP) is 12.1. The van der Waals surface area contributed by atoms with E-state index >= 15 is 0 Å². The van der Waals surface area contributed by atoms with Gasteiger partial charge in [0.15, 0.2) is 0 Å². The molecule has 4 aromatic rings. The third-order valence-electron chi connectivity index (χ3n) is 10.7. The standard InChI is InChI=1S/C21H25Si.C17H15.C2H7Si.2ClH.Zr/c1-15(2)18-13-17-7-6-8-20(21(17)14-18)16-9-11-19(12-10-16)22(3,4)5;1-12-10-16-13(2)8-9-15(17(16)11-12)14-6-4-3-5-7-14;1-3-2;;;/h6-15H,1-5H3;3-11H,1-2H3;3H,1-2H3;2*1H;/q;;;;;+2/p-2. The first-order valence-corrected chi connectivity index (χ1v) is 36.4. The molecule has 2 unspecified atom stereocenters. The Morgan fingerprint density at radius 2 is 1.31 bits per heavy atom. The molecule has 0 heterocycles. The molecule has 0 aliphatic heterocycles. The molecule has 0 aromatic heterocycles. The first-order chi connectivity index (χ1) is 21.1. The quantitative estimate of drug-likeness (QED) is 0.165. The molecule has 0 fully saturated rings. The Hall–Kier alpha value is -1.74. The zero-order valence-electron chi connectivity index (χ0n) is 28.3. The van der Waals surface area contributed by atoms with Crippen LogP contribution in [0.3, 0.4) is 0 Å². The van der Waals surface area contributed by atoms with Crippen LogP contribution in [0.1, 0.15) is 55.8 Å². The molecule has 6 rings (SSSR count). The van der Waals surface area contributed by atoms with Crippen LogP contribution < -0.4 is 5.19 Å². The maximum absolute atomic E-state index is 8.63. The first-order valence-electron chi connectivity index (χ1n) is 16.5. The average molecular weight is 746 g/mol. The van der Waals surface area contributed by atoms with E-state index in [0.29, 0.717) is 5.92 Å². The van der Waals surface area contributed by atoms with Crippen molar-refractivity contribution in [2.24, 2.45) is 5.92 Å². The topological polar surface area (TPSA) is 0 Å². The van der Waals surface area contributed by atoms with Crippen LogP contribution in [0, 0.1) is 12.8 Å². The van der Waals surface area contributed by atoms with Crippen LogP contribution in [0.2, 0.25) is 32.7 Å². The molecule has 0 saturated heterocycles. The van der Waals surface area contributed by atoms with Gasteiger partial charge < -0.3 is 0 Å². The second kappa shape index (κ2) is 11.7. The summed E-state index contributed by atoms with van der Waals surface area (Å²) in [6.45, 7) is 21.4. The van der Waals surface area contributed by atoms with E-state index in [1.54, 1.807) is 0 Å². The van der Waals surface area contributed by atoms with Crippen LogP contribution in [-0.2, 0) is 15.6 Å². The monoisotopic (exact) mass is 743 g/mol. The van der Waals surface area contributed by atoms with E-state index in [-0.39, 0.29) is 7.25 Å². The summed E-state index contributed by atoms with van der Waals surface area (Å²) in [7, 11) is 15.9. The maximum atomic E-state index is 8.63. The van der Waals surface area contributed by atoms with Crippen molar-refractivity contribution in [3.05, 3.63) is 124 Å². The fraction of sp³-hybridized carbons (Fsp3) is 0.300. The van der Waals surface area contributed by atoms with Crippen LogP contribution in [0.25, 0.3) is 34.4 Å². The Morgan fingerprint density at radius 3 is 1.91 bits per heavy atom. The van der Waals surface area contributed by atoms with Crippen LogP contribution in [0.4, 0.5) is 0 Å². The summed E-state index contributed by atoms with van der Waals surface area (Å²) in [5.41, 5.74) is 14.6. The van der Waals surface area contributed by atoms with Crippen molar-refractivity contribution in [3.63, 3.8) is 0 Å². The van der Waals surface area contributed by atoms with Crippen LogP contribution in [0.15, 0.2) is 96.1 Å². The van der Waals surface area contributed by atoms with E-state index in [1.165, 1.54) is 66.4 Å². The molecule has 45 heavy (non-hydrogen) atoms. The molecular formula is C40H47Cl2Si2Zr. The number of fused-ring (bicyclic) bond motifs is 2. The summed E-state index contributed by atoms with van der Waals surface area (Å²) < 4.78 is 0.189. The van der Waals surface area contributed by atoms with Crippen molar-refractivity contribution in [3.8, 4) is 22.3 Å². The van der Waals surface area contributed by atoms with Gasteiger partial charge in [-0.1, -0.05) is 0 Å². The number of benzene rings is 4. The van der Waals surface area contributed by atoms with Gasteiger partial charge in [0.1, 0.15) is 0 Å². The minimum absolute atomic E-state index is 0.0942. The molecular weight excluding hydrogens is 699 g/mol. The summed E-state index contributed by atoms with van der Waals surface area (Å²) in [4.78, 5) is 0. The summed E-state index contributed by atoms with van der Waals surface area (Å²) in [6.07, 6.45) is 4.92. The molecule has 233 valence electrons. The van der Waals surface area contributed by atoms with Gasteiger partial charge in [-0.3, -0.25) is 0 Å². The van der Waals surface area contributed by atoms with Crippen molar-refractivity contribution < 1.29 is 15.6 Å². The summed E-state index contributed by atoms with van der Waals surface area (Å²) in [5, 5.41) is 1.49.